The van der Waals surface area contributed by atoms with Crippen molar-refractivity contribution in [2.45, 2.75) is 63.1 Å². The predicted octanol–water partition coefficient (Wildman–Crippen LogP) is 1.06. The molecule has 0 aliphatic heterocycles. The van der Waals surface area contributed by atoms with E-state index in [1.165, 1.54) is 22.8 Å². The fourth-order valence-corrected chi connectivity index (χ4v) is 5.11. The number of hydrogen-bond donors (Lipinski definition) is 3. The van der Waals surface area contributed by atoms with Crippen LogP contribution in [0.25, 0.3) is 10.9 Å². The van der Waals surface area contributed by atoms with Crippen molar-refractivity contribution in [3.63, 3.8) is 0 Å². The maximum Gasteiger partial charge on any atom is 0.404 e. The van der Waals surface area contributed by atoms with Gasteiger partial charge in [0, 0.05) is 25.2 Å². The van der Waals surface area contributed by atoms with Gasteiger partial charge in [-0.25, -0.2) is 22.7 Å². The minimum absolute atomic E-state index is 0.0386. The number of carboxylic acid groups (broad SMARTS) is 1. The van der Waals surface area contributed by atoms with Gasteiger partial charge in [0.25, 0.3) is 5.56 Å². The Bertz CT molecular complexity index is 1290. The molecule has 2 aliphatic carbocycles. The van der Waals surface area contributed by atoms with E-state index in [4.69, 9.17) is 5.11 Å². The summed E-state index contributed by atoms with van der Waals surface area (Å²) in [5, 5.41) is 11.0. The summed E-state index contributed by atoms with van der Waals surface area (Å²) in [7, 11) is -3.83. The van der Waals surface area contributed by atoms with Crippen LogP contribution in [0.5, 0.6) is 0 Å². The van der Waals surface area contributed by atoms with E-state index in [0.29, 0.717) is 12.1 Å². The van der Waals surface area contributed by atoms with Gasteiger partial charge in [-0.05, 0) is 56.2 Å². The molecule has 2 aromatic rings. The van der Waals surface area contributed by atoms with Crippen molar-refractivity contribution in [1.82, 2.24) is 19.2 Å². The van der Waals surface area contributed by atoms with Crippen LogP contribution in [0, 0.1) is 5.41 Å². The van der Waals surface area contributed by atoms with Crippen molar-refractivity contribution < 1.29 is 18.3 Å². The minimum Gasteiger partial charge on any atom is -0.465 e. The molecule has 3 N–H and O–H groups in total. The van der Waals surface area contributed by atoms with Crippen LogP contribution in [0.4, 0.5) is 4.79 Å². The molecule has 31 heavy (non-hydrogen) atoms. The number of amides is 1. The molecule has 2 saturated carbocycles. The van der Waals surface area contributed by atoms with Gasteiger partial charge in [0.1, 0.15) is 0 Å². The molecule has 1 aromatic heterocycles. The second-order valence-electron chi connectivity index (χ2n) is 9.21. The smallest absolute Gasteiger partial charge is 0.404 e. The molecule has 0 spiro atoms. The van der Waals surface area contributed by atoms with Crippen LogP contribution >= 0.6 is 0 Å². The molecule has 11 heteroatoms. The second kappa shape index (κ2) is 7.20. The second-order valence-corrected chi connectivity index (χ2v) is 10.9. The monoisotopic (exact) mass is 450 g/mol. The standard InChI is InChI=1S/C20H26N4O6S/c1-19(5-6-19)12-24-15-4-3-13(31(29,30)22-20(2)7-8-20)11-14(15)16(25)23(18(24)28)10-9-21-17(26)27/h3-4,11,21-22H,5-10,12H2,1-2H3,(H,26,27). The van der Waals surface area contributed by atoms with Crippen molar-refractivity contribution in [3.05, 3.63) is 39.0 Å². The molecule has 168 valence electrons. The maximum atomic E-state index is 13.1. The van der Waals surface area contributed by atoms with E-state index in [9.17, 15) is 22.8 Å². The van der Waals surface area contributed by atoms with E-state index in [1.54, 1.807) is 0 Å². The molecule has 4 rings (SSSR count). The summed E-state index contributed by atoms with van der Waals surface area (Å²) in [6.07, 6.45) is 2.15. The average molecular weight is 451 g/mol. The summed E-state index contributed by atoms with van der Waals surface area (Å²) >= 11 is 0. The number of hydrogen-bond acceptors (Lipinski definition) is 5. The van der Waals surface area contributed by atoms with Gasteiger partial charge in [0.05, 0.1) is 15.8 Å². The number of rotatable bonds is 8. The third-order valence-corrected chi connectivity index (χ3v) is 7.78. The molecule has 0 saturated heterocycles. The SMILES string of the molecule is CC1(Cn2c(=O)n(CCNC(=O)O)c(=O)c3cc(S(=O)(=O)NC4(C)CC4)ccc32)CC1. The van der Waals surface area contributed by atoms with Crippen LogP contribution in [0.1, 0.15) is 39.5 Å². The molecule has 1 aromatic carbocycles. The molecule has 0 atom stereocenters. The summed E-state index contributed by atoms with van der Waals surface area (Å²) < 4.78 is 30.7. The first-order valence-corrected chi connectivity index (χ1v) is 11.7. The number of carbonyl (C=O) groups is 1. The lowest BCUT2D eigenvalue weighted by atomic mass is 10.1. The highest BCUT2D eigenvalue weighted by Gasteiger charge is 2.41. The summed E-state index contributed by atoms with van der Waals surface area (Å²) in [5.74, 6) is 0. The van der Waals surface area contributed by atoms with Gasteiger partial charge >= 0.3 is 11.8 Å². The van der Waals surface area contributed by atoms with Gasteiger partial charge < -0.3 is 10.4 Å². The van der Waals surface area contributed by atoms with Crippen molar-refractivity contribution >= 4 is 27.0 Å². The van der Waals surface area contributed by atoms with Gasteiger partial charge in [0.15, 0.2) is 0 Å². The summed E-state index contributed by atoms with van der Waals surface area (Å²) in [6, 6.07) is 4.23. The van der Waals surface area contributed by atoms with Crippen LogP contribution in [0.2, 0.25) is 0 Å². The Kier molecular flexibility index (Phi) is 5.01. The lowest BCUT2D eigenvalue weighted by Crippen LogP contribution is -2.43. The molecular formula is C20H26N4O6S. The molecule has 0 unspecified atom stereocenters. The van der Waals surface area contributed by atoms with E-state index in [1.807, 2.05) is 13.8 Å². The Hall–Kier alpha value is -2.66. The Labute approximate surface area is 178 Å². The Morgan fingerprint density at radius 2 is 1.81 bits per heavy atom. The molecule has 1 amide bonds. The number of fused-ring (bicyclic) bond motifs is 1. The van der Waals surface area contributed by atoms with Crippen LogP contribution in [-0.2, 0) is 23.1 Å². The van der Waals surface area contributed by atoms with Crippen molar-refractivity contribution in [2.24, 2.45) is 5.41 Å². The zero-order valence-corrected chi connectivity index (χ0v) is 18.3. The summed E-state index contributed by atoms with van der Waals surface area (Å²) in [4.78, 5) is 36.9. The summed E-state index contributed by atoms with van der Waals surface area (Å²) in [5.41, 5.74) is -1.31. The third kappa shape index (κ3) is 4.38. The van der Waals surface area contributed by atoms with Gasteiger partial charge in [-0.3, -0.25) is 13.9 Å². The first-order chi connectivity index (χ1) is 14.4. The number of nitrogens with zero attached hydrogens (tertiary/aromatic N) is 2. The quantitative estimate of drug-likeness (QED) is 0.550. The van der Waals surface area contributed by atoms with Gasteiger partial charge in [-0.15, -0.1) is 0 Å². The van der Waals surface area contributed by atoms with E-state index in [2.05, 4.69) is 10.0 Å². The van der Waals surface area contributed by atoms with Crippen molar-refractivity contribution in [2.75, 3.05) is 6.54 Å². The molecule has 0 bridgehead atoms. The Morgan fingerprint density at radius 3 is 2.39 bits per heavy atom. The fraction of sp³-hybridized carbons (Fsp3) is 0.550. The van der Waals surface area contributed by atoms with Gasteiger partial charge in [-0.1, -0.05) is 6.92 Å². The van der Waals surface area contributed by atoms with E-state index in [0.717, 1.165) is 30.3 Å². The van der Waals surface area contributed by atoms with E-state index < -0.39 is 32.9 Å². The highest BCUT2D eigenvalue weighted by molar-refractivity contribution is 7.89. The van der Waals surface area contributed by atoms with Crippen LogP contribution < -0.4 is 21.3 Å². The van der Waals surface area contributed by atoms with Crippen LogP contribution in [-0.4, -0.2) is 40.8 Å². The molecule has 2 aliphatic rings. The first kappa shape index (κ1) is 21.6. The highest BCUT2D eigenvalue weighted by Crippen LogP contribution is 2.46. The Morgan fingerprint density at radius 1 is 1.13 bits per heavy atom. The lowest BCUT2D eigenvalue weighted by Gasteiger charge is -2.18. The third-order valence-electron chi connectivity index (χ3n) is 6.14. The van der Waals surface area contributed by atoms with Gasteiger partial charge in [0.2, 0.25) is 10.0 Å². The van der Waals surface area contributed by atoms with E-state index >= 15 is 0 Å². The molecule has 2 fully saturated rings. The minimum atomic E-state index is -3.83. The largest absolute Gasteiger partial charge is 0.465 e. The Balaban J connectivity index is 1.83. The van der Waals surface area contributed by atoms with Crippen molar-refractivity contribution in [1.29, 1.82) is 0 Å². The average Bonchev–Trinajstić information content (AvgIpc) is 3.60. The van der Waals surface area contributed by atoms with Crippen molar-refractivity contribution in [3.8, 4) is 0 Å². The fourth-order valence-electron chi connectivity index (χ4n) is 3.62. The van der Waals surface area contributed by atoms with Gasteiger partial charge in [-0.2, -0.15) is 0 Å². The summed E-state index contributed by atoms with van der Waals surface area (Å²) in [6.45, 7) is 4.00. The normalized spacial score (nSPS) is 18.6. The first-order valence-electron chi connectivity index (χ1n) is 10.2. The van der Waals surface area contributed by atoms with E-state index in [-0.39, 0.29) is 28.8 Å². The zero-order valence-electron chi connectivity index (χ0n) is 17.5. The topological polar surface area (TPSA) is 140 Å². The highest BCUT2D eigenvalue weighted by atomic mass is 32.2. The molecule has 1 heterocycles. The van der Waals surface area contributed by atoms with Crippen LogP contribution in [0.15, 0.2) is 32.7 Å². The number of aromatic nitrogens is 2. The molecule has 10 nitrogen and oxygen atoms in total. The van der Waals surface area contributed by atoms with Crippen LogP contribution in [0.3, 0.4) is 0 Å². The number of benzene rings is 1. The molecular weight excluding hydrogens is 424 g/mol. The number of nitrogens with one attached hydrogen (secondary N) is 2. The lowest BCUT2D eigenvalue weighted by molar-refractivity contribution is 0.194. The number of sulfonamides is 1. The maximum absolute atomic E-state index is 13.1. The predicted molar refractivity (Wildman–Crippen MR) is 114 cm³/mol. The molecule has 0 radical (unpaired) electrons. The zero-order chi connectivity index (χ0) is 22.6.